The molecule has 0 fully saturated rings. The Labute approximate surface area is 236 Å². The average Bonchev–Trinajstić information content (AvgIpc) is 2.89. The Morgan fingerprint density at radius 1 is 0.650 bits per heavy atom. The molecule has 206 valence electrons. The molecule has 4 aromatic rings. The highest BCUT2D eigenvalue weighted by atomic mass is 16.5. The van der Waals surface area contributed by atoms with Crippen molar-refractivity contribution >= 4 is 11.9 Å². The highest BCUT2D eigenvalue weighted by molar-refractivity contribution is 5.91. The van der Waals surface area contributed by atoms with Gasteiger partial charge in [0.15, 0.2) is 0 Å². The van der Waals surface area contributed by atoms with Crippen LogP contribution in [0.3, 0.4) is 0 Å². The van der Waals surface area contributed by atoms with Crippen molar-refractivity contribution in [2.75, 3.05) is 0 Å². The third kappa shape index (κ3) is 6.26. The molecular weight excluding hydrogens is 500 g/mol. The van der Waals surface area contributed by atoms with Crippen molar-refractivity contribution in [1.82, 2.24) is 0 Å². The van der Waals surface area contributed by atoms with Gasteiger partial charge in [0.05, 0.1) is 11.1 Å². The van der Waals surface area contributed by atoms with Gasteiger partial charge in [0, 0.05) is 5.41 Å². The van der Waals surface area contributed by atoms with E-state index in [1.165, 1.54) is 28.8 Å². The summed E-state index contributed by atoms with van der Waals surface area (Å²) in [5.74, 6) is 0.0833. The summed E-state index contributed by atoms with van der Waals surface area (Å²) in [6, 6.07) is 25.4. The minimum Gasteiger partial charge on any atom is -0.478 e. The maximum absolute atomic E-state index is 12.9. The molecule has 0 heterocycles. The first-order valence-electron chi connectivity index (χ1n) is 13.3. The fourth-order valence-corrected chi connectivity index (χ4v) is 4.83. The van der Waals surface area contributed by atoms with E-state index in [-0.39, 0.29) is 16.4 Å². The Morgan fingerprint density at radius 3 is 1.62 bits per heavy atom. The van der Waals surface area contributed by atoms with Crippen molar-refractivity contribution < 1.29 is 24.2 Å². The molecule has 0 unspecified atom stereocenters. The lowest BCUT2D eigenvalue weighted by molar-refractivity contribution is 0.0694. The first-order chi connectivity index (χ1) is 18.8. The van der Waals surface area contributed by atoms with Gasteiger partial charge in [-0.25, -0.2) is 9.59 Å². The van der Waals surface area contributed by atoms with Crippen molar-refractivity contribution in [2.24, 2.45) is 0 Å². The molecule has 0 bridgehead atoms. The molecule has 0 atom stereocenters. The number of carbonyl (C=O) groups excluding carboxylic acids is 1. The molecule has 0 saturated heterocycles. The summed E-state index contributed by atoms with van der Waals surface area (Å²) >= 11 is 0. The molecule has 5 heteroatoms. The van der Waals surface area contributed by atoms with Gasteiger partial charge in [-0.15, -0.1) is 0 Å². The largest absolute Gasteiger partial charge is 0.478 e. The smallest absolute Gasteiger partial charge is 0.343 e. The van der Waals surface area contributed by atoms with Crippen molar-refractivity contribution in [3.8, 4) is 17.2 Å². The van der Waals surface area contributed by atoms with Crippen molar-refractivity contribution in [3.63, 3.8) is 0 Å². The molecule has 5 nitrogen and oxygen atoms in total. The van der Waals surface area contributed by atoms with Crippen LogP contribution in [0.2, 0.25) is 0 Å². The normalized spacial score (nSPS) is 11.7. The molecular formula is C35H36O5. The lowest BCUT2D eigenvalue weighted by Gasteiger charge is -2.29. The minimum atomic E-state index is -0.996. The molecule has 0 aromatic heterocycles. The third-order valence-corrected chi connectivity index (χ3v) is 7.28. The van der Waals surface area contributed by atoms with Crippen LogP contribution in [0.5, 0.6) is 17.2 Å². The zero-order chi connectivity index (χ0) is 29.2. The van der Waals surface area contributed by atoms with Gasteiger partial charge in [0.2, 0.25) is 0 Å². The number of hydrogen-bond donors (Lipinski definition) is 1. The van der Waals surface area contributed by atoms with Gasteiger partial charge < -0.3 is 14.6 Å². The van der Waals surface area contributed by atoms with E-state index in [4.69, 9.17) is 14.6 Å². The Hall–Kier alpha value is -4.38. The van der Waals surface area contributed by atoms with Gasteiger partial charge in [-0.3, -0.25) is 0 Å². The molecule has 0 saturated carbocycles. The van der Waals surface area contributed by atoms with Gasteiger partial charge in [-0.2, -0.15) is 0 Å². The van der Waals surface area contributed by atoms with Crippen LogP contribution in [0, 0.1) is 13.8 Å². The molecule has 4 aromatic carbocycles. The fourth-order valence-electron chi connectivity index (χ4n) is 4.83. The highest BCUT2D eigenvalue weighted by Gasteiger charge is 2.26. The summed E-state index contributed by atoms with van der Waals surface area (Å²) < 4.78 is 11.5. The lowest BCUT2D eigenvalue weighted by Crippen LogP contribution is -2.21. The van der Waals surface area contributed by atoms with Crippen molar-refractivity contribution in [2.45, 2.75) is 59.3 Å². The highest BCUT2D eigenvalue weighted by Crippen LogP contribution is 2.36. The molecule has 0 aliphatic heterocycles. The van der Waals surface area contributed by atoms with Crippen LogP contribution in [-0.4, -0.2) is 17.0 Å². The van der Waals surface area contributed by atoms with Crippen molar-refractivity contribution in [3.05, 3.63) is 124 Å². The number of ether oxygens (including phenoxy) is 2. The summed E-state index contributed by atoms with van der Waals surface area (Å²) in [5, 5.41) is 9.02. The molecule has 0 spiro atoms. The predicted octanol–water partition coefficient (Wildman–Crippen LogP) is 8.64. The zero-order valence-electron chi connectivity index (χ0n) is 24.2. The number of aryl methyl sites for hydroxylation is 2. The summed E-state index contributed by atoms with van der Waals surface area (Å²) in [6.45, 7) is 15.2. The van der Waals surface area contributed by atoms with Crippen LogP contribution in [0.4, 0.5) is 0 Å². The maximum Gasteiger partial charge on any atom is 0.343 e. The second-order valence-corrected chi connectivity index (χ2v) is 11.7. The second kappa shape index (κ2) is 11.0. The number of benzene rings is 4. The summed E-state index contributed by atoms with van der Waals surface area (Å²) in [6.07, 6.45) is 0. The van der Waals surface area contributed by atoms with Gasteiger partial charge in [0.25, 0.3) is 0 Å². The van der Waals surface area contributed by atoms with Crippen LogP contribution in [0.15, 0.2) is 84.9 Å². The fraction of sp³-hybridized carbons (Fsp3) is 0.257. The Balaban J connectivity index is 1.45. The van der Waals surface area contributed by atoms with Gasteiger partial charge >= 0.3 is 11.9 Å². The number of carbonyl (C=O) groups is 2. The number of hydrogen-bond acceptors (Lipinski definition) is 4. The number of carboxylic acids is 1. The van der Waals surface area contributed by atoms with Gasteiger partial charge in [-0.1, -0.05) is 65.0 Å². The molecule has 0 radical (unpaired) electrons. The molecule has 0 aliphatic carbocycles. The van der Waals surface area contributed by atoms with E-state index in [0.29, 0.717) is 22.8 Å². The molecule has 1 N–H and O–H groups in total. The average molecular weight is 537 g/mol. The number of aromatic carboxylic acids is 1. The quantitative estimate of drug-likeness (QED) is 0.189. The van der Waals surface area contributed by atoms with E-state index >= 15 is 0 Å². The van der Waals surface area contributed by atoms with E-state index in [1.54, 1.807) is 36.4 Å². The predicted molar refractivity (Wildman–Crippen MR) is 158 cm³/mol. The molecule has 0 aliphatic rings. The SMILES string of the molecule is Cc1cc(C(C)(C)c2ccc(C(C)(C)C)c(C)c2)ccc1OC(=O)c1ccc(Oc2ccc(C(=O)O)cc2)cc1. The first kappa shape index (κ1) is 28.6. The Bertz CT molecular complexity index is 1540. The van der Waals surface area contributed by atoms with E-state index in [9.17, 15) is 9.59 Å². The van der Waals surface area contributed by atoms with Gasteiger partial charge in [-0.05, 0) is 102 Å². The number of rotatable bonds is 7. The van der Waals surface area contributed by atoms with Crippen LogP contribution < -0.4 is 9.47 Å². The van der Waals surface area contributed by atoms with E-state index in [1.807, 2.05) is 19.1 Å². The topological polar surface area (TPSA) is 72.8 Å². The first-order valence-corrected chi connectivity index (χ1v) is 13.3. The zero-order valence-corrected chi connectivity index (χ0v) is 24.2. The molecule has 40 heavy (non-hydrogen) atoms. The van der Waals surface area contributed by atoms with Crippen molar-refractivity contribution in [1.29, 1.82) is 0 Å². The second-order valence-electron chi connectivity index (χ2n) is 11.7. The van der Waals surface area contributed by atoms with E-state index in [2.05, 4.69) is 65.8 Å². The summed E-state index contributed by atoms with van der Waals surface area (Å²) in [5.41, 5.74) is 6.34. The number of carboxylic acid groups (broad SMARTS) is 1. The van der Waals surface area contributed by atoms with E-state index in [0.717, 1.165) is 11.1 Å². The van der Waals surface area contributed by atoms with Crippen LogP contribution >= 0.6 is 0 Å². The monoisotopic (exact) mass is 536 g/mol. The minimum absolute atomic E-state index is 0.0952. The van der Waals surface area contributed by atoms with Gasteiger partial charge in [0.1, 0.15) is 17.2 Å². The third-order valence-electron chi connectivity index (χ3n) is 7.28. The Morgan fingerprint density at radius 2 is 1.15 bits per heavy atom. The van der Waals surface area contributed by atoms with Crippen LogP contribution in [-0.2, 0) is 10.8 Å². The van der Waals surface area contributed by atoms with Crippen LogP contribution in [0.1, 0.15) is 83.2 Å². The number of esters is 1. The van der Waals surface area contributed by atoms with Crippen LogP contribution in [0.25, 0.3) is 0 Å². The molecule has 0 amide bonds. The van der Waals surface area contributed by atoms with E-state index < -0.39 is 11.9 Å². The Kier molecular flexibility index (Phi) is 7.88. The summed E-state index contributed by atoms with van der Waals surface area (Å²) in [7, 11) is 0. The standard InChI is InChI=1S/C35H36O5/c1-22-20-26(12-18-30(22)34(3,4)5)35(6,7)27-13-19-31(23(2)21-27)40-33(38)25-10-16-29(17-11-25)39-28-14-8-24(9-15-28)32(36)37/h8-21H,1-7H3,(H,36,37). The molecule has 4 rings (SSSR count). The maximum atomic E-state index is 12.9. The summed E-state index contributed by atoms with van der Waals surface area (Å²) in [4.78, 5) is 23.9. The lowest BCUT2D eigenvalue weighted by atomic mass is 9.75.